The summed E-state index contributed by atoms with van der Waals surface area (Å²) in [5.41, 5.74) is 0. The van der Waals surface area contributed by atoms with Gasteiger partial charge in [0.2, 0.25) is 0 Å². The monoisotopic (exact) mass is 289 g/mol. The third-order valence-electron chi connectivity index (χ3n) is 3.17. The number of aromatic nitrogens is 2. The molecule has 0 aliphatic heterocycles. The van der Waals surface area contributed by atoms with E-state index in [9.17, 15) is 0 Å². The summed E-state index contributed by atoms with van der Waals surface area (Å²) in [7, 11) is 1.87. The molecule has 0 spiro atoms. The molecule has 5 nitrogen and oxygen atoms in total. The van der Waals surface area contributed by atoms with Crippen LogP contribution in [0.15, 0.2) is 11.4 Å². The summed E-state index contributed by atoms with van der Waals surface area (Å²) in [6, 6.07) is 4.30. The molecule has 0 saturated carbocycles. The quantitative estimate of drug-likeness (QED) is 0.885. The number of thiophene rings is 1. The van der Waals surface area contributed by atoms with E-state index < -0.39 is 0 Å². The third-order valence-corrected chi connectivity index (χ3v) is 3.98. The molecule has 0 amide bonds. The fourth-order valence-electron chi connectivity index (χ4n) is 2.09. The topological polar surface area (TPSA) is 64.8 Å². The Hall–Kier alpha value is -1.71. The summed E-state index contributed by atoms with van der Waals surface area (Å²) in [5, 5.41) is 15.1. The van der Waals surface area contributed by atoms with Crippen molar-refractivity contribution in [2.45, 2.75) is 20.4 Å². The Labute approximate surface area is 123 Å². The summed E-state index contributed by atoms with van der Waals surface area (Å²) in [6.07, 6.45) is 0. The van der Waals surface area contributed by atoms with E-state index in [2.05, 4.69) is 33.2 Å². The van der Waals surface area contributed by atoms with Crippen molar-refractivity contribution in [1.29, 1.82) is 5.26 Å². The standard InChI is InChI=1S/C14H19N5S/c1-4-19(8-10(2)7-15)9-12-17-13(16-3)11-5-6-20-14(11)18-12/h5-6,10H,4,8-9H2,1-3H3,(H,16,17,18). The van der Waals surface area contributed by atoms with E-state index in [-0.39, 0.29) is 5.92 Å². The van der Waals surface area contributed by atoms with Crippen LogP contribution in [0.4, 0.5) is 5.82 Å². The Bertz CT molecular complexity index is 616. The molecule has 2 heterocycles. The lowest BCUT2D eigenvalue weighted by Crippen LogP contribution is -2.28. The van der Waals surface area contributed by atoms with Crippen molar-refractivity contribution >= 4 is 27.4 Å². The number of rotatable bonds is 6. The molecule has 106 valence electrons. The van der Waals surface area contributed by atoms with Crippen molar-refractivity contribution in [1.82, 2.24) is 14.9 Å². The van der Waals surface area contributed by atoms with Crippen LogP contribution < -0.4 is 5.32 Å². The first-order valence-electron chi connectivity index (χ1n) is 6.71. The summed E-state index contributed by atoms with van der Waals surface area (Å²) >= 11 is 1.62. The fourth-order valence-corrected chi connectivity index (χ4v) is 2.88. The highest BCUT2D eigenvalue weighted by atomic mass is 32.1. The number of hydrogen-bond acceptors (Lipinski definition) is 6. The van der Waals surface area contributed by atoms with Gasteiger partial charge >= 0.3 is 0 Å². The summed E-state index contributed by atoms with van der Waals surface area (Å²) in [4.78, 5) is 12.4. The minimum atomic E-state index is 0.0178. The highest BCUT2D eigenvalue weighted by molar-refractivity contribution is 7.16. The number of nitriles is 1. The van der Waals surface area contributed by atoms with Gasteiger partial charge in [-0.05, 0) is 24.9 Å². The molecule has 0 aromatic carbocycles. The predicted octanol–water partition coefficient (Wildman–Crippen LogP) is 2.71. The second-order valence-corrected chi connectivity index (χ2v) is 5.63. The zero-order chi connectivity index (χ0) is 14.5. The molecule has 0 fully saturated rings. The van der Waals surface area contributed by atoms with Crippen LogP contribution in [0.5, 0.6) is 0 Å². The van der Waals surface area contributed by atoms with Crippen LogP contribution in [0.2, 0.25) is 0 Å². The summed E-state index contributed by atoms with van der Waals surface area (Å²) in [6.45, 7) is 6.32. The van der Waals surface area contributed by atoms with Crippen LogP contribution >= 0.6 is 11.3 Å². The molecule has 6 heteroatoms. The van der Waals surface area contributed by atoms with E-state index in [4.69, 9.17) is 5.26 Å². The highest BCUT2D eigenvalue weighted by Gasteiger charge is 2.13. The van der Waals surface area contributed by atoms with Crippen LogP contribution in [-0.4, -0.2) is 35.0 Å². The van der Waals surface area contributed by atoms with E-state index in [0.717, 1.165) is 34.9 Å². The number of hydrogen-bond donors (Lipinski definition) is 1. The highest BCUT2D eigenvalue weighted by Crippen LogP contribution is 2.25. The minimum absolute atomic E-state index is 0.0178. The zero-order valence-corrected chi connectivity index (χ0v) is 12.9. The summed E-state index contributed by atoms with van der Waals surface area (Å²) in [5.74, 6) is 1.69. The molecule has 2 aromatic rings. The SMILES string of the molecule is CCN(Cc1nc(NC)c2ccsc2n1)CC(C)C#N. The second-order valence-electron chi connectivity index (χ2n) is 4.74. The molecule has 1 N–H and O–H groups in total. The maximum absolute atomic E-state index is 8.92. The molecule has 1 unspecified atom stereocenters. The Morgan fingerprint density at radius 2 is 2.30 bits per heavy atom. The van der Waals surface area contributed by atoms with Crippen molar-refractivity contribution < 1.29 is 0 Å². The second kappa shape index (κ2) is 6.64. The Kier molecular flexibility index (Phi) is 4.88. The van der Waals surface area contributed by atoms with Crippen molar-refractivity contribution in [3.63, 3.8) is 0 Å². The molecule has 0 saturated heterocycles. The first kappa shape index (κ1) is 14.7. The number of anilines is 1. The first-order chi connectivity index (χ1) is 9.67. The number of nitrogens with one attached hydrogen (secondary N) is 1. The van der Waals surface area contributed by atoms with Gasteiger partial charge in [0, 0.05) is 13.6 Å². The van der Waals surface area contributed by atoms with Crippen LogP contribution in [0.1, 0.15) is 19.7 Å². The van der Waals surface area contributed by atoms with Gasteiger partial charge in [-0.15, -0.1) is 11.3 Å². The van der Waals surface area contributed by atoms with Gasteiger partial charge < -0.3 is 5.32 Å². The van der Waals surface area contributed by atoms with Gasteiger partial charge in [-0.2, -0.15) is 5.26 Å². The van der Waals surface area contributed by atoms with E-state index >= 15 is 0 Å². The van der Waals surface area contributed by atoms with Gasteiger partial charge in [-0.3, -0.25) is 4.90 Å². The molecule has 0 bridgehead atoms. The van der Waals surface area contributed by atoms with Gasteiger partial charge in [0.25, 0.3) is 0 Å². The van der Waals surface area contributed by atoms with Crippen LogP contribution in [0.25, 0.3) is 10.2 Å². The van der Waals surface area contributed by atoms with Gasteiger partial charge in [0.15, 0.2) is 0 Å². The van der Waals surface area contributed by atoms with Crippen molar-refractivity contribution in [2.75, 3.05) is 25.5 Å². The molecule has 1 atom stereocenters. The van der Waals surface area contributed by atoms with Gasteiger partial charge in [-0.1, -0.05) is 6.92 Å². The van der Waals surface area contributed by atoms with Crippen molar-refractivity contribution in [2.24, 2.45) is 5.92 Å². The lowest BCUT2D eigenvalue weighted by Gasteiger charge is -2.20. The molecular weight excluding hydrogens is 270 g/mol. The maximum Gasteiger partial charge on any atom is 0.146 e. The van der Waals surface area contributed by atoms with Crippen LogP contribution in [-0.2, 0) is 6.54 Å². The van der Waals surface area contributed by atoms with Crippen LogP contribution in [0.3, 0.4) is 0 Å². The fraction of sp³-hybridized carbons (Fsp3) is 0.500. The molecule has 0 aliphatic rings. The average Bonchev–Trinajstić information content (AvgIpc) is 2.93. The first-order valence-corrected chi connectivity index (χ1v) is 7.59. The third kappa shape index (κ3) is 3.24. The van der Waals surface area contributed by atoms with Gasteiger partial charge in [0.05, 0.1) is 23.9 Å². The lowest BCUT2D eigenvalue weighted by atomic mass is 10.2. The van der Waals surface area contributed by atoms with Crippen molar-refractivity contribution in [3.8, 4) is 6.07 Å². The molecule has 20 heavy (non-hydrogen) atoms. The van der Waals surface area contributed by atoms with E-state index in [0.29, 0.717) is 6.54 Å². The van der Waals surface area contributed by atoms with E-state index in [1.165, 1.54) is 0 Å². The number of fused-ring (bicyclic) bond motifs is 1. The van der Waals surface area contributed by atoms with E-state index in [1.54, 1.807) is 11.3 Å². The Morgan fingerprint density at radius 3 is 2.95 bits per heavy atom. The smallest absolute Gasteiger partial charge is 0.146 e. The van der Waals surface area contributed by atoms with Crippen LogP contribution in [0, 0.1) is 17.2 Å². The van der Waals surface area contributed by atoms with Gasteiger partial charge in [0.1, 0.15) is 16.5 Å². The van der Waals surface area contributed by atoms with Gasteiger partial charge in [-0.25, -0.2) is 9.97 Å². The Morgan fingerprint density at radius 1 is 1.50 bits per heavy atom. The lowest BCUT2D eigenvalue weighted by molar-refractivity contribution is 0.254. The average molecular weight is 289 g/mol. The minimum Gasteiger partial charge on any atom is -0.372 e. The largest absolute Gasteiger partial charge is 0.372 e. The Balaban J connectivity index is 2.21. The van der Waals surface area contributed by atoms with E-state index in [1.807, 2.05) is 25.4 Å². The number of nitrogens with zero attached hydrogens (tertiary/aromatic N) is 4. The molecule has 0 aliphatic carbocycles. The normalized spacial score (nSPS) is 12.6. The molecule has 2 aromatic heterocycles. The molecule has 2 rings (SSSR count). The maximum atomic E-state index is 8.92. The van der Waals surface area contributed by atoms with Crippen molar-refractivity contribution in [3.05, 3.63) is 17.3 Å². The predicted molar refractivity (Wildman–Crippen MR) is 82.7 cm³/mol. The zero-order valence-electron chi connectivity index (χ0n) is 12.1. The molecular formula is C14H19N5S. The molecule has 0 radical (unpaired) electrons. The summed E-state index contributed by atoms with van der Waals surface area (Å²) < 4.78 is 0.